The van der Waals surface area contributed by atoms with Crippen molar-refractivity contribution in [1.82, 2.24) is 29.1 Å². The molecule has 0 aliphatic rings. The Kier molecular flexibility index (Phi) is 8.49. The molecule has 6 aromatic heterocycles. The molecule has 6 heterocycles. The van der Waals surface area contributed by atoms with E-state index in [1.54, 1.807) is 11.3 Å². The first-order valence-corrected chi connectivity index (χ1v) is 24.2. The van der Waals surface area contributed by atoms with Gasteiger partial charge in [0.15, 0.2) is 11.6 Å². The monoisotopic (exact) mass is 906 g/mol. The molecule has 0 atom stereocenters. The number of rotatable bonds is 5. The van der Waals surface area contributed by atoms with Crippen LogP contribution in [0.15, 0.2) is 186 Å². The average molecular weight is 907 g/mol. The van der Waals surface area contributed by atoms with Crippen LogP contribution in [0.3, 0.4) is 0 Å². The molecule has 69 heavy (non-hydrogen) atoms. The molecule has 0 spiro atoms. The molecule has 0 saturated heterocycles. The second-order valence-electron chi connectivity index (χ2n) is 19.1. The summed E-state index contributed by atoms with van der Waals surface area (Å²) >= 11 is 1.75. The predicted octanol–water partition coefficient (Wildman–Crippen LogP) is 16.3. The fourth-order valence-corrected chi connectivity index (χ4v) is 11.7. The number of aromatic nitrogens is 6. The maximum absolute atomic E-state index is 6.20. The molecule has 0 saturated carbocycles. The summed E-state index contributed by atoms with van der Waals surface area (Å²) in [5.74, 6) is 1.41. The van der Waals surface area contributed by atoms with Crippen molar-refractivity contribution in [3.63, 3.8) is 0 Å². The van der Waals surface area contributed by atoms with E-state index in [4.69, 9.17) is 24.4 Å². The molecule has 328 valence electrons. The lowest BCUT2D eigenvalue weighted by Crippen LogP contribution is -2.15. The summed E-state index contributed by atoms with van der Waals surface area (Å²) < 4.78 is 12.1. The molecule has 14 aromatic rings. The van der Waals surface area contributed by atoms with Crippen LogP contribution in [0, 0.1) is 6.92 Å². The maximum Gasteiger partial charge on any atom is 0.231 e. The first-order valence-electron chi connectivity index (χ1n) is 23.4. The van der Waals surface area contributed by atoms with E-state index >= 15 is 0 Å². The number of furan rings is 1. The fourth-order valence-electron chi connectivity index (χ4n) is 10.6. The highest BCUT2D eigenvalue weighted by atomic mass is 32.1. The number of benzene rings is 8. The third-order valence-corrected chi connectivity index (χ3v) is 14.8. The zero-order valence-corrected chi connectivity index (χ0v) is 39.1. The average Bonchev–Trinajstić information content (AvgIpc) is 4.13. The van der Waals surface area contributed by atoms with Gasteiger partial charge in [-0.25, -0.2) is 15.0 Å². The van der Waals surface area contributed by atoms with Gasteiger partial charge in [-0.05, 0) is 103 Å². The summed E-state index contributed by atoms with van der Waals surface area (Å²) in [6.07, 6.45) is 0. The second kappa shape index (κ2) is 14.8. The van der Waals surface area contributed by atoms with Gasteiger partial charge in [-0.1, -0.05) is 118 Å². The van der Waals surface area contributed by atoms with Crippen LogP contribution in [-0.4, -0.2) is 29.1 Å². The van der Waals surface area contributed by atoms with Gasteiger partial charge in [-0.2, -0.15) is 4.98 Å². The van der Waals surface area contributed by atoms with Crippen LogP contribution in [-0.2, 0) is 5.41 Å². The first-order chi connectivity index (χ1) is 33.7. The Balaban J connectivity index is 0.832. The molecule has 0 amide bonds. The minimum absolute atomic E-state index is 0.211. The molecule has 0 bridgehead atoms. The van der Waals surface area contributed by atoms with Crippen molar-refractivity contribution < 1.29 is 4.42 Å². The molecule has 0 fully saturated rings. The largest absolute Gasteiger partial charge is 0.438 e. The highest BCUT2D eigenvalue weighted by molar-refractivity contribution is 7.25. The molecule has 8 aromatic carbocycles. The van der Waals surface area contributed by atoms with Gasteiger partial charge in [0.25, 0.3) is 0 Å². The van der Waals surface area contributed by atoms with Gasteiger partial charge < -0.3 is 13.6 Å². The van der Waals surface area contributed by atoms with Crippen LogP contribution < -0.4 is 0 Å². The zero-order chi connectivity index (χ0) is 46.1. The van der Waals surface area contributed by atoms with Crippen LogP contribution in [0.1, 0.15) is 32.2 Å². The summed E-state index contributed by atoms with van der Waals surface area (Å²) in [4.78, 5) is 21.7. The third-order valence-electron chi connectivity index (χ3n) is 13.8. The summed E-state index contributed by atoms with van der Waals surface area (Å²) in [6, 6.07) is 64.9. The van der Waals surface area contributed by atoms with Gasteiger partial charge in [-0.3, -0.25) is 0 Å². The Morgan fingerprint density at radius 2 is 0.986 bits per heavy atom. The Hall–Kier alpha value is -8.46. The highest BCUT2D eigenvalue weighted by Gasteiger charge is 2.25. The molecule has 0 N–H and O–H groups in total. The quantitative estimate of drug-likeness (QED) is 0.172. The number of para-hydroxylation sites is 4. The lowest BCUT2D eigenvalue weighted by atomic mass is 9.89. The van der Waals surface area contributed by atoms with Gasteiger partial charge in [-0.15, -0.1) is 11.3 Å². The van der Waals surface area contributed by atoms with Gasteiger partial charge >= 0.3 is 0 Å². The van der Waals surface area contributed by atoms with Crippen LogP contribution in [0.5, 0.6) is 0 Å². The molecular formula is C61H42N6OS. The highest BCUT2D eigenvalue weighted by Crippen LogP contribution is 2.43. The minimum atomic E-state index is -0.211. The van der Waals surface area contributed by atoms with E-state index in [0.29, 0.717) is 11.5 Å². The molecule has 0 radical (unpaired) electrons. The standard InChI is InChI=1S/C61H42N6OS/c1-35-54-44-18-10-13-21-52(44)68-59(54)64-57(62-35)38-25-30-51-46(32-38)43-17-9-12-20-49(43)67(51)41-27-22-36(23-28-41)37-24-29-45-53(34-37)69-60-55(45)56(61(2,3)4)63-58(65-60)39-26-31-50-47(33-39)42-16-8-11-19-48(42)66(50)40-14-6-5-7-15-40/h5-34H,1-4H3. The van der Waals surface area contributed by atoms with E-state index < -0.39 is 0 Å². The van der Waals surface area contributed by atoms with Gasteiger partial charge in [0.1, 0.15) is 10.4 Å². The number of thiophene rings is 1. The number of nitrogens with zero attached hydrogens (tertiary/aromatic N) is 6. The molecule has 8 heteroatoms. The molecular weight excluding hydrogens is 865 g/mol. The number of hydrogen-bond acceptors (Lipinski definition) is 6. The number of hydrogen-bond donors (Lipinski definition) is 0. The predicted molar refractivity (Wildman–Crippen MR) is 286 cm³/mol. The number of aryl methyl sites for hydroxylation is 1. The van der Waals surface area contributed by atoms with E-state index in [0.717, 1.165) is 99.3 Å². The van der Waals surface area contributed by atoms with Crippen LogP contribution in [0.2, 0.25) is 0 Å². The molecule has 14 rings (SSSR count). The van der Waals surface area contributed by atoms with E-state index in [9.17, 15) is 0 Å². The third kappa shape index (κ3) is 6.12. The normalized spacial score (nSPS) is 12.3. The second-order valence-corrected chi connectivity index (χ2v) is 20.1. The SMILES string of the molecule is Cc1nc(-c2ccc3c(c2)c2ccccc2n3-c2ccc(-c3ccc4c(c3)sc3nc(-c5ccc6c(c5)c5ccccc5n6-c5ccccc5)nc(C(C)(C)C)c34)cc2)nc2oc3ccccc3c12. The van der Waals surface area contributed by atoms with E-state index in [2.05, 4.69) is 194 Å². The summed E-state index contributed by atoms with van der Waals surface area (Å²) in [7, 11) is 0. The first kappa shape index (κ1) is 39.7. The summed E-state index contributed by atoms with van der Waals surface area (Å²) in [6.45, 7) is 8.79. The van der Waals surface area contributed by atoms with Gasteiger partial charge in [0, 0.05) is 70.3 Å². The molecule has 0 aliphatic carbocycles. The Labute approximate surface area is 400 Å². The Bertz CT molecular complexity index is 4420. The maximum atomic E-state index is 6.20. The molecule has 0 unspecified atom stereocenters. The molecule has 0 aliphatic heterocycles. The van der Waals surface area contributed by atoms with Crippen LogP contribution in [0.25, 0.3) is 131 Å². The van der Waals surface area contributed by atoms with Crippen LogP contribution in [0.4, 0.5) is 0 Å². The Morgan fingerprint density at radius 1 is 0.435 bits per heavy atom. The topological polar surface area (TPSA) is 74.6 Å². The minimum Gasteiger partial charge on any atom is -0.438 e. The lowest BCUT2D eigenvalue weighted by Gasteiger charge is -2.20. The van der Waals surface area contributed by atoms with Crippen molar-refractivity contribution in [3.8, 4) is 45.3 Å². The zero-order valence-electron chi connectivity index (χ0n) is 38.3. The van der Waals surface area contributed by atoms with E-state index in [-0.39, 0.29) is 5.41 Å². The Morgan fingerprint density at radius 3 is 1.65 bits per heavy atom. The van der Waals surface area contributed by atoms with Crippen molar-refractivity contribution in [2.24, 2.45) is 0 Å². The van der Waals surface area contributed by atoms with Crippen molar-refractivity contribution in [1.29, 1.82) is 0 Å². The van der Waals surface area contributed by atoms with Crippen molar-refractivity contribution in [3.05, 3.63) is 193 Å². The van der Waals surface area contributed by atoms with Crippen LogP contribution >= 0.6 is 11.3 Å². The number of fused-ring (bicyclic) bond motifs is 12. The molecule has 7 nitrogen and oxygen atoms in total. The van der Waals surface area contributed by atoms with E-state index in [1.807, 2.05) is 25.1 Å². The van der Waals surface area contributed by atoms with Crippen molar-refractivity contribution >= 4 is 97.3 Å². The van der Waals surface area contributed by atoms with Gasteiger partial charge in [0.05, 0.1) is 38.8 Å². The summed E-state index contributed by atoms with van der Waals surface area (Å²) in [5.41, 5.74) is 14.3. The lowest BCUT2D eigenvalue weighted by molar-refractivity contribution is 0.575. The van der Waals surface area contributed by atoms with Crippen molar-refractivity contribution in [2.45, 2.75) is 33.1 Å². The van der Waals surface area contributed by atoms with Gasteiger partial charge in [0.2, 0.25) is 5.71 Å². The van der Waals surface area contributed by atoms with E-state index in [1.165, 1.54) is 31.8 Å². The fraction of sp³-hybridized carbons (Fsp3) is 0.0820. The smallest absolute Gasteiger partial charge is 0.231 e. The van der Waals surface area contributed by atoms with Crippen molar-refractivity contribution in [2.75, 3.05) is 0 Å². The summed E-state index contributed by atoms with van der Waals surface area (Å²) in [5, 5.41) is 9.05.